The number of azide groups is 1. The highest BCUT2D eigenvalue weighted by molar-refractivity contribution is 7.93. The first kappa shape index (κ1) is 36.7. The van der Waals surface area contributed by atoms with Crippen LogP contribution in [0.2, 0.25) is 0 Å². The van der Waals surface area contributed by atoms with Gasteiger partial charge in [-0.1, -0.05) is 83.1 Å². The Hall–Kier alpha value is -3.37. The number of likely N-dealkylation sites (N-methyl/N-ethyl adjacent to an activating group) is 1. The van der Waals surface area contributed by atoms with Crippen molar-refractivity contribution < 1.29 is 22.8 Å². The van der Waals surface area contributed by atoms with Gasteiger partial charge in [-0.25, -0.2) is 8.42 Å². The molecule has 3 amide bonds. The second kappa shape index (κ2) is 17.6. The third-order valence-corrected chi connectivity index (χ3v) is 7.16. The molecule has 1 rings (SSSR count). The molecule has 1 aromatic carbocycles. The Morgan fingerprint density at radius 2 is 1.50 bits per heavy atom. The van der Waals surface area contributed by atoms with Gasteiger partial charge in [0, 0.05) is 29.7 Å². The Morgan fingerprint density at radius 1 is 0.929 bits per heavy atom. The number of nitrogens with one attached hydrogen (secondary N) is 2. The zero-order valence-electron chi connectivity index (χ0n) is 26.1. The summed E-state index contributed by atoms with van der Waals surface area (Å²) >= 11 is 0. The number of sulfone groups is 1. The zero-order valence-corrected chi connectivity index (χ0v) is 27.0. The fourth-order valence-electron chi connectivity index (χ4n) is 4.54. The summed E-state index contributed by atoms with van der Waals surface area (Å²) in [7, 11) is -1.86. The lowest BCUT2D eigenvalue weighted by molar-refractivity contribution is -0.143. The first-order valence-corrected chi connectivity index (χ1v) is 16.3. The summed E-state index contributed by atoms with van der Waals surface area (Å²) in [5, 5.41) is 10.5. The molecule has 0 spiro atoms. The minimum atomic E-state index is -3.39. The second-order valence-corrected chi connectivity index (χ2v) is 14.0. The summed E-state index contributed by atoms with van der Waals surface area (Å²) in [5.74, 6) is -1.15. The molecule has 0 aliphatic rings. The molecular formula is C30H48N6O5S. The Bertz CT molecular complexity index is 1210. The maximum atomic E-state index is 13.8. The third-order valence-electron chi connectivity index (χ3n) is 6.51. The quantitative estimate of drug-likeness (QED) is 0.153. The molecule has 12 heteroatoms. The van der Waals surface area contributed by atoms with E-state index in [1.54, 1.807) is 0 Å². The number of amides is 3. The van der Waals surface area contributed by atoms with Gasteiger partial charge < -0.3 is 15.5 Å². The molecule has 0 saturated heterocycles. The van der Waals surface area contributed by atoms with Gasteiger partial charge in [-0.2, -0.15) is 0 Å². The second-order valence-electron chi connectivity index (χ2n) is 12.1. The van der Waals surface area contributed by atoms with E-state index < -0.39 is 51.7 Å². The Morgan fingerprint density at radius 3 is 2.00 bits per heavy atom. The van der Waals surface area contributed by atoms with Gasteiger partial charge in [0.05, 0.1) is 0 Å². The first-order valence-electron chi connectivity index (χ1n) is 14.4. The number of carbonyl (C=O) groups is 3. The number of hydrogen-bond donors (Lipinski definition) is 2. The summed E-state index contributed by atoms with van der Waals surface area (Å²) in [6.45, 7) is 11.7. The highest BCUT2D eigenvalue weighted by Gasteiger charge is 2.34. The van der Waals surface area contributed by atoms with E-state index in [0.29, 0.717) is 19.3 Å². The Kier molecular flexibility index (Phi) is 15.3. The van der Waals surface area contributed by atoms with E-state index in [0.717, 1.165) is 17.2 Å². The van der Waals surface area contributed by atoms with Crippen molar-refractivity contribution in [2.75, 3.05) is 13.3 Å². The molecule has 1 aromatic rings. The normalized spacial score (nSPS) is 14.7. The van der Waals surface area contributed by atoms with Crippen molar-refractivity contribution >= 4 is 27.6 Å². The highest BCUT2D eigenvalue weighted by Crippen LogP contribution is 2.17. The van der Waals surface area contributed by atoms with E-state index in [9.17, 15) is 22.8 Å². The fraction of sp³-hybridized carbons (Fsp3) is 0.633. The van der Waals surface area contributed by atoms with E-state index in [4.69, 9.17) is 5.53 Å². The maximum absolute atomic E-state index is 13.8. The van der Waals surface area contributed by atoms with Crippen LogP contribution in [-0.2, 0) is 30.6 Å². The minimum absolute atomic E-state index is 0.0358. The highest BCUT2D eigenvalue weighted by atomic mass is 32.2. The van der Waals surface area contributed by atoms with E-state index in [1.165, 1.54) is 18.0 Å². The lowest BCUT2D eigenvalue weighted by Gasteiger charge is -2.33. The van der Waals surface area contributed by atoms with Crippen molar-refractivity contribution in [3.63, 3.8) is 0 Å². The molecule has 42 heavy (non-hydrogen) atoms. The molecular weight excluding hydrogens is 556 g/mol. The molecule has 4 atom stereocenters. The standard InChI is InChI=1S/C30H48N6O5S/c1-20(2)16-24(14-15-42(8,40)41)32-29(38)27(18-22(5)6)36(7)30(39)26(17-21(3)4)33-28(37)25(34-35-31)19-23-12-10-9-11-13-23/h9-15,20-22,24-27H,16-19H2,1-8H3,(H,32,38)(H,33,37)/b15-14+/t24-,25+,26+,27+/m1/s1. The molecule has 0 heterocycles. The predicted octanol–water partition coefficient (Wildman–Crippen LogP) is 4.40. The Balaban J connectivity index is 3.25. The van der Waals surface area contributed by atoms with Crippen LogP contribution in [0.5, 0.6) is 0 Å². The summed E-state index contributed by atoms with van der Waals surface area (Å²) in [5.41, 5.74) is 9.90. The summed E-state index contributed by atoms with van der Waals surface area (Å²) < 4.78 is 23.4. The number of rotatable bonds is 17. The number of carbonyl (C=O) groups excluding carboxylic acids is 3. The molecule has 0 unspecified atom stereocenters. The van der Waals surface area contributed by atoms with Crippen molar-refractivity contribution in [1.29, 1.82) is 0 Å². The molecule has 0 radical (unpaired) electrons. The SMILES string of the molecule is CC(C)C[C@@H](/C=C/S(C)(=O)=O)NC(=O)[C@H](CC(C)C)N(C)C(=O)[C@H](CC(C)C)NC(=O)[C@H](Cc1ccccc1)N=[N+]=[N-]. The molecule has 0 fully saturated rings. The van der Waals surface area contributed by atoms with E-state index >= 15 is 0 Å². The van der Waals surface area contributed by atoms with Crippen LogP contribution in [0.15, 0.2) is 46.9 Å². The molecule has 0 aliphatic heterocycles. The van der Waals surface area contributed by atoms with Crippen LogP contribution in [0.1, 0.15) is 66.4 Å². The molecule has 11 nitrogen and oxygen atoms in total. The zero-order chi connectivity index (χ0) is 32.0. The van der Waals surface area contributed by atoms with Gasteiger partial charge in [0.15, 0.2) is 9.84 Å². The van der Waals surface area contributed by atoms with Gasteiger partial charge in [-0.15, -0.1) is 0 Å². The predicted molar refractivity (Wildman–Crippen MR) is 166 cm³/mol. The van der Waals surface area contributed by atoms with E-state index in [-0.39, 0.29) is 24.2 Å². The molecule has 234 valence electrons. The van der Waals surface area contributed by atoms with E-state index in [1.807, 2.05) is 71.9 Å². The van der Waals surface area contributed by atoms with Crippen LogP contribution < -0.4 is 10.6 Å². The Labute approximate surface area is 251 Å². The topological polar surface area (TPSA) is 161 Å². The van der Waals surface area contributed by atoms with Crippen molar-refractivity contribution in [2.24, 2.45) is 22.9 Å². The van der Waals surface area contributed by atoms with Crippen molar-refractivity contribution in [2.45, 2.75) is 91.4 Å². The smallest absolute Gasteiger partial charge is 0.245 e. The lowest BCUT2D eigenvalue weighted by atomic mass is 9.97. The van der Waals surface area contributed by atoms with Gasteiger partial charge in [0.25, 0.3) is 0 Å². The van der Waals surface area contributed by atoms with Gasteiger partial charge >= 0.3 is 0 Å². The largest absolute Gasteiger partial charge is 0.348 e. The first-order chi connectivity index (χ1) is 19.5. The van der Waals surface area contributed by atoms with Crippen LogP contribution in [-0.4, -0.2) is 68.5 Å². The molecule has 0 saturated carbocycles. The molecule has 0 aliphatic carbocycles. The van der Waals surface area contributed by atoms with Crippen LogP contribution in [0, 0.1) is 17.8 Å². The van der Waals surface area contributed by atoms with Gasteiger partial charge in [0.2, 0.25) is 17.7 Å². The van der Waals surface area contributed by atoms with Crippen LogP contribution >= 0.6 is 0 Å². The maximum Gasteiger partial charge on any atom is 0.245 e. The molecule has 0 aromatic heterocycles. The van der Waals surface area contributed by atoms with Crippen molar-refractivity contribution in [1.82, 2.24) is 15.5 Å². The van der Waals surface area contributed by atoms with Crippen molar-refractivity contribution in [3.8, 4) is 0 Å². The average molecular weight is 605 g/mol. The summed E-state index contributed by atoms with van der Waals surface area (Å²) in [6, 6.07) is 5.73. The van der Waals surface area contributed by atoms with Gasteiger partial charge in [0.1, 0.15) is 18.1 Å². The van der Waals surface area contributed by atoms with Gasteiger partial charge in [-0.3, -0.25) is 14.4 Å². The number of nitrogens with zero attached hydrogens (tertiary/aromatic N) is 4. The number of hydrogen-bond acceptors (Lipinski definition) is 6. The minimum Gasteiger partial charge on any atom is -0.348 e. The van der Waals surface area contributed by atoms with Crippen molar-refractivity contribution in [3.05, 3.63) is 57.8 Å². The lowest BCUT2D eigenvalue weighted by Crippen LogP contribution is -2.56. The third kappa shape index (κ3) is 14.0. The summed E-state index contributed by atoms with van der Waals surface area (Å²) in [6.07, 6.45) is 3.90. The monoisotopic (exact) mass is 604 g/mol. The summed E-state index contributed by atoms with van der Waals surface area (Å²) in [4.78, 5) is 44.9. The number of benzene rings is 1. The van der Waals surface area contributed by atoms with Crippen LogP contribution in [0.4, 0.5) is 0 Å². The van der Waals surface area contributed by atoms with E-state index in [2.05, 4.69) is 20.7 Å². The van der Waals surface area contributed by atoms with Gasteiger partial charge in [-0.05, 0) is 54.5 Å². The average Bonchev–Trinajstić information content (AvgIpc) is 2.88. The fourth-order valence-corrected chi connectivity index (χ4v) is 5.02. The van der Waals surface area contributed by atoms with Crippen LogP contribution in [0.3, 0.4) is 0 Å². The molecule has 2 N–H and O–H groups in total. The molecule has 0 bridgehead atoms. The van der Waals surface area contributed by atoms with Crippen LogP contribution in [0.25, 0.3) is 10.4 Å².